The van der Waals surface area contributed by atoms with Gasteiger partial charge in [-0.1, -0.05) is 0 Å². The van der Waals surface area contributed by atoms with Gasteiger partial charge in [0.15, 0.2) is 17.5 Å². The number of aliphatic imine (C=N–C) groups is 1. The molecule has 4 rings (SSSR count). The Morgan fingerprint density at radius 2 is 1.75 bits per heavy atom. The SMILES string of the molecule is I.c1cc2c(cc1NC(=NCC1CCCO1)NCCCOCC1CCCO1)OCCCO2. The lowest BCUT2D eigenvalue weighted by molar-refractivity contribution is 0.0168. The summed E-state index contributed by atoms with van der Waals surface area (Å²) in [4.78, 5) is 4.75. The van der Waals surface area contributed by atoms with E-state index in [1.807, 2.05) is 18.2 Å². The zero-order valence-electron chi connectivity index (χ0n) is 18.7. The van der Waals surface area contributed by atoms with Crippen LogP contribution in [0.5, 0.6) is 11.5 Å². The number of anilines is 1. The maximum Gasteiger partial charge on any atom is 0.195 e. The molecule has 2 unspecified atom stereocenters. The van der Waals surface area contributed by atoms with Gasteiger partial charge in [-0.2, -0.15) is 0 Å². The van der Waals surface area contributed by atoms with E-state index in [9.17, 15) is 0 Å². The summed E-state index contributed by atoms with van der Waals surface area (Å²) in [6.45, 7) is 5.87. The topological polar surface area (TPSA) is 82.6 Å². The Bertz CT molecular complexity index is 709. The first-order valence-corrected chi connectivity index (χ1v) is 11.6. The summed E-state index contributed by atoms with van der Waals surface area (Å²) < 4.78 is 28.6. The van der Waals surface area contributed by atoms with Crippen molar-refractivity contribution in [1.29, 1.82) is 0 Å². The van der Waals surface area contributed by atoms with Gasteiger partial charge >= 0.3 is 0 Å². The highest BCUT2D eigenvalue weighted by atomic mass is 127. The van der Waals surface area contributed by atoms with Gasteiger partial charge < -0.3 is 34.3 Å². The smallest absolute Gasteiger partial charge is 0.195 e. The first-order chi connectivity index (χ1) is 15.4. The van der Waals surface area contributed by atoms with Crippen molar-refractivity contribution in [2.45, 2.75) is 50.7 Å². The van der Waals surface area contributed by atoms with Gasteiger partial charge in [-0.05, 0) is 44.2 Å². The number of hydrogen-bond donors (Lipinski definition) is 2. The number of nitrogens with one attached hydrogen (secondary N) is 2. The third-order valence-electron chi connectivity index (χ3n) is 5.57. The number of rotatable bonds is 9. The van der Waals surface area contributed by atoms with Crippen LogP contribution in [0.2, 0.25) is 0 Å². The van der Waals surface area contributed by atoms with Gasteiger partial charge in [0, 0.05) is 44.5 Å². The van der Waals surface area contributed by atoms with Crippen molar-refractivity contribution in [3.63, 3.8) is 0 Å². The molecule has 0 spiro atoms. The normalized spacial score (nSPS) is 22.8. The Kier molecular flexibility index (Phi) is 11.1. The van der Waals surface area contributed by atoms with Crippen molar-refractivity contribution in [2.75, 3.05) is 58.0 Å². The number of guanidine groups is 1. The third kappa shape index (κ3) is 8.24. The second-order valence-corrected chi connectivity index (χ2v) is 8.15. The summed E-state index contributed by atoms with van der Waals surface area (Å²) in [6.07, 6.45) is 6.70. The monoisotopic (exact) mass is 561 g/mol. The maximum absolute atomic E-state index is 5.81. The lowest BCUT2D eigenvalue weighted by Crippen LogP contribution is -2.33. The van der Waals surface area contributed by atoms with E-state index in [4.69, 9.17) is 28.7 Å². The van der Waals surface area contributed by atoms with Crippen molar-refractivity contribution >= 4 is 35.6 Å². The van der Waals surface area contributed by atoms with Crippen LogP contribution in [0.25, 0.3) is 0 Å². The van der Waals surface area contributed by atoms with Gasteiger partial charge in [-0.15, -0.1) is 24.0 Å². The number of benzene rings is 1. The number of halogens is 1. The first kappa shape index (κ1) is 25.3. The van der Waals surface area contributed by atoms with E-state index in [0.717, 1.165) is 81.4 Å². The van der Waals surface area contributed by atoms with Crippen LogP contribution in [0.15, 0.2) is 23.2 Å². The molecule has 0 aliphatic carbocycles. The second-order valence-electron chi connectivity index (χ2n) is 8.15. The van der Waals surface area contributed by atoms with Crippen molar-refractivity contribution in [3.8, 4) is 11.5 Å². The predicted octanol–water partition coefficient (Wildman–Crippen LogP) is 3.59. The molecule has 2 saturated heterocycles. The highest BCUT2D eigenvalue weighted by molar-refractivity contribution is 14.0. The van der Waals surface area contributed by atoms with Gasteiger partial charge in [0.25, 0.3) is 0 Å². The second kappa shape index (κ2) is 14.1. The average Bonchev–Trinajstić information content (AvgIpc) is 3.45. The molecule has 8 nitrogen and oxygen atoms in total. The molecule has 1 aromatic carbocycles. The maximum atomic E-state index is 5.81. The molecule has 0 bridgehead atoms. The number of fused-ring (bicyclic) bond motifs is 1. The molecule has 3 aliphatic rings. The molecule has 0 radical (unpaired) electrons. The molecule has 0 saturated carbocycles. The van der Waals surface area contributed by atoms with Crippen molar-refractivity contribution in [2.24, 2.45) is 4.99 Å². The van der Waals surface area contributed by atoms with Crippen LogP contribution in [0.1, 0.15) is 38.5 Å². The Morgan fingerprint density at radius 1 is 0.969 bits per heavy atom. The largest absolute Gasteiger partial charge is 0.490 e. The van der Waals surface area contributed by atoms with Crippen LogP contribution >= 0.6 is 24.0 Å². The molecule has 0 amide bonds. The van der Waals surface area contributed by atoms with Crippen LogP contribution in [0.4, 0.5) is 5.69 Å². The first-order valence-electron chi connectivity index (χ1n) is 11.6. The minimum absolute atomic E-state index is 0. The summed E-state index contributed by atoms with van der Waals surface area (Å²) in [5.74, 6) is 2.30. The van der Waals surface area contributed by atoms with Gasteiger partial charge in [-0.25, -0.2) is 0 Å². The fourth-order valence-electron chi connectivity index (χ4n) is 3.87. The van der Waals surface area contributed by atoms with Gasteiger partial charge in [0.05, 0.1) is 38.6 Å². The molecule has 3 heterocycles. The fraction of sp³-hybridized carbons (Fsp3) is 0.696. The highest BCUT2D eigenvalue weighted by Gasteiger charge is 2.16. The van der Waals surface area contributed by atoms with Gasteiger partial charge in [0.1, 0.15) is 0 Å². The minimum Gasteiger partial charge on any atom is -0.490 e. The van der Waals surface area contributed by atoms with Crippen LogP contribution in [0, 0.1) is 0 Å². The van der Waals surface area contributed by atoms with Crippen LogP contribution in [0.3, 0.4) is 0 Å². The van der Waals surface area contributed by atoms with Crippen molar-refractivity contribution in [1.82, 2.24) is 5.32 Å². The molecule has 1 aromatic rings. The lowest BCUT2D eigenvalue weighted by Gasteiger charge is -2.16. The van der Waals surface area contributed by atoms with Gasteiger partial charge in [-0.3, -0.25) is 4.99 Å². The van der Waals surface area contributed by atoms with E-state index >= 15 is 0 Å². The zero-order chi connectivity index (χ0) is 21.1. The summed E-state index contributed by atoms with van der Waals surface area (Å²) in [7, 11) is 0. The minimum atomic E-state index is 0. The molecular formula is C23H36IN3O5. The summed E-state index contributed by atoms with van der Waals surface area (Å²) in [5, 5.41) is 6.81. The number of hydrogen-bond acceptors (Lipinski definition) is 6. The third-order valence-corrected chi connectivity index (χ3v) is 5.57. The molecule has 9 heteroatoms. The Labute approximate surface area is 207 Å². The Balaban J connectivity index is 0.00000289. The molecule has 2 N–H and O–H groups in total. The standard InChI is InChI=1S/C23H35N3O5.HI/c1-5-19(28-11-1)16-25-23(24-9-3-10-27-17-20-6-2-12-29-20)26-18-7-8-21-22(15-18)31-14-4-13-30-21;/h7-8,15,19-20H,1-6,9-14,16-17H2,(H2,24,25,26);1H. The van der Waals surface area contributed by atoms with Crippen LogP contribution < -0.4 is 20.1 Å². The van der Waals surface area contributed by atoms with Crippen LogP contribution in [-0.2, 0) is 14.2 Å². The summed E-state index contributed by atoms with van der Waals surface area (Å²) >= 11 is 0. The Morgan fingerprint density at radius 3 is 2.53 bits per heavy atom. The molecule has 2 fully saturated rings. The quantitative estimate of drug-likeness (QED) is 0.207. The molecule has 180 valence electrons. The van der Waals surface area contributed by atoms with E-state index in [-0.39, 0.29) is 36.2 Å². The molecule has 2 atom stereocenters. The fourth-order valence-corrected chi connectivity index (χ4v) is 3.87. The van der Waals surface area contributed by atoms with Crippen LogP contribution in [-0.4, -0.2) is 70.9 Å². The number of ether oxygens (including phenoxy) is 5. The average molecular weight is 561 g/mol. The lowest BCUT2D eigenvalue weighted by atomic mass is 10.2. The molecular weight excluding hydrogens is 525 g/mol. The van der Waals surface area contributed by atoms with Gasteiger partial charge in [0.2, 0.25) is 0 Å². The number of nitrogens with zero attached hydrogens (tertiary/aromatic N) is 1. The van der Waals surface area contributed by atoms with Crippen molar-refractivity contribution < 1.29 is 23.7 Å². The molecule has 32 heavy (non-hydrogen) atoms. The summed E-state index contributed by atoms with van der Waals surface area (Å²) in [6, 6.07) is 5.90. The highest BCUT2D eigenvalue weighted by Crippen LogP contribution is 2.32. The molecule has 0 aromatic heterocycles. The predicted molar refractivity (Wildman–Crippen MR) is 135 cm³/mol. The van der Waals surface area contributed by atoms with E-state index in [2.05, 4.69) is 10.6 Å². The summed E-state index contributed by atoms with van der Waals surface area (Å²) in [5.41, 5.74) is 0.914. The van der Waals surface area contributed by atoms with Crippen molar-refractivity contribution in [3.05, 3.63) is 18.2 Å². The van der Waals surface area contributed by atoms with E-state index in [0.29, 0.717) is 33.0 Å². The van der Waals surface area contributed by atoms with E-state index < -0.39 is 0 Å². The zero-order valence-corrected chi connectivity index (χ0v) is 21.0. The Hall–Kier alpha value is -1.30. The van der Waals surface area contributed by atoms with E-state index in [1.165, 1.54) is 0 Å². The molecule has 3 aliphatic heterocycles. The van der Waals surface area contributed by atoms with E-state index in [1.54, 1.807) is 0 Å².